The molecule has 0 saturated heterocycles. The number of aromatic nitrogens is 5. The largest absolute Gasteiger partial charge is 0.474 e. The van der Waals surface area contributed by atoms with Crippen LogP contribution in [0.4, 0.5) is 5.95 Å². The van der Waals surface area contributed by atoms with Gasteiger partial charge in [-0.2, -0.15) is 0 Å². The van der Waals surface area contributed by atoms with E-state index in [0.717, 1.165) is 51.8 Å². The summed E-state index contributed by atoms with van der Waals surface area (Å²) in [7, 11) is 0. The highest BCUT2D eigenvalue weighted by atomic mass is 16.5. The maximum absolute atomic E-state index is 6.23. The van der Waals surface area contributed by atoms with Crippen LogP contribution in [0.3, 0.4) is 0 Å². The molecule has 1 fully saturated rings. The Labute approximate surface area is 181 Å². The fraction of sp³-hybridized carbons (Fsp3) is 0.333. The van der Waals surface area contributed by atoms with Gasteiger partial charge < -0.3 is 15.5 Å². The molecule has 4 aromatic heterocycles. The van der Waals surface area contributed by atoms with Gasteiger partial charge in [-0.05, 0) is 61.4 Å². The second kappa shape index (κ2) is 8.34. The van der Waals surface area contributed by atoms with Gasteiger partial charge in [-0.3, -0.25) is 0 Å². The van der Waals surface area contributed by atoms with Crippen LogP contribution in [0.25, 0.3) is 11.0 Å². The van der Waals surface area contributed by atoms with Gasteiger partial charge >= 0.3 is 0 Å². The quantitative estimate of drug-likeness (QED) is 0.491. The van der Waals surface area contributed by atoms with Crippen LogP contribution in [0.1, 0.15) is 53.6 Å². The maximum atomic E-state index is 6.23. The van der Waals surface area contributed by atoms with E-state index in [-0.39, 0.29) is 12.1 Å². The number of nitrogens with two attached hydrogens (primary N) is 1. The summed E-state index contributed by atoms with van der Waals surface area (Å²) in [5.74, 6) is 0.974. The van der Waals surface area contributed by atoms with Crippen molar-refractivity contribution in [3.05, 3.63) is 70.9 Å². The Balaban J connectivity index is 1.45. The normalized spacial score (nSPS) is 14.4. The number of fused-ring (bicyclic) bond motifs is 1. The zero-order valence-corrected chi connectivity index (χ0v) is 17.6. The molecule has 1 aliphatic carbocycles. The number of hydrogen-bond acceptors (Lipinski definition) is 6. The highest BCUT2D eigenvalue weighted by molar-refractivity contribution is 5.80. The molecule has 0 spiro atoms. The van der Waals surface area contributed by atoms with E-state index in [0.29, 0.717) is 18.7 Å². The van der Waals surface area contributed by atoms with Crippen molar-refractivity contribution in [3.8, 4) is 5.88 Å². The predicted octanol–water partition coefficient (Wildman–Crippen LogP) is 4.14. The summed E-state index contributed by atoms with van der Waals surface area (Å²) in [4.78, 5) is 21.1. The van der Waals surface area contributed by atoms with Crippen molar-refractivity contribution < 1.29 is 4.74 Å². The fourth-order valence-corrected chi connectivity index (χ4v) is 4.28. The average Bonchev–Trinajstić information content (AvgIpc) is 3.41. The second-order valence-electron chi connectivity index (χ2n) is 8.27. The molecule has 0 radical (unpaired) electrons. The predicted molar refractivity (Wildman–Crippen MR) is 120 cm³/mol. The van der Waals surface area contributed by atoms with E-state index in [1.165, 1.54) is 12.8 Å². The molecule has 0 bridgehead atoms. The lowest BCUT2D eigenvalue weighted by molar-refractivity contribution is 0.199. The van der Waals surface area contributed by atoms with Crippen molar-refractivity contribution >= 4 is 17.0 Å². The van der Waals surface area contributed by atoms with Crippen LogP contribution in [0, 0.1) is 6.92 Å². The molecule has 0 amide bonds. The van der Waals surface area contributed by atoms with E-state index in [1.54, 1.807) is 6.20 Å². The Kier molecular flexibility index (Phi) is 5.24. The molecule has 0 aromatic carbocycles. The SMILES string of the molecule is Cc1cnc2[nH]cc(Cc3cnc(N)nc3Cc3cccnc3OC3CCCC3)c2c1. The minimum Gasteiger partial charge on any atom is -0.474 e. The van der Waals surface area contributed by atoms with Gasteiger partial charge in [0.1, 0.15) is 11.8 Å². The van der Waals surface area contributed by atoms with Crippen molar-refractivity contribution in [1.82, 2.24) is 24.9 Å². The van der Waals surface area contributed by atoms with Gasteiger partial charge in [0.05, 0.1) is 5.69 Å². The van der Waals surface area contributed by atoms with E-state index < -0.39 is 0 Å². The molecular weight excluding hydrogens is 388 g/mol. The molecule has 5 rings (SSSR count). The molecule has 158 valence electrons. The van der Waals surface area contributed by atoms with Crippen LogP contribution >= 0.6 is 0 Å². The summed E-state index contributed by atoms with van der Waals surface area (Å²) < 4.78 is 6.23. The lowest BCUT2D eigenvalue weighted by atomic mass is 10.0. The molecule has 7 heteroatoms. The number of anilines is 1. The molecule has 31 heavy (non-hydrogen) atoms. The van der Waals surface area contributed by atoms with Crippen molar-refractivity contribution in [2.75, 3.05) is 5.73 Å². The fourth-order valence-electron chi connectivity index (χ4n) is 4.28. The van der Waals surface area contributed by atoms with Gasteiger partial charge in [-0.25, -0.2) is 19.9 Å². The number of nitrogens with one attached hydrogen (secondary N) is 1. The molecule has 0 unspecified atom stereocenters. The summed E-state index contributed by atoms with van der Waals surface area (Å²) >= 11 is 0. The molecule has 0 atom stereocenters. The number of nitrogen functional groups attached to an aromatic ring is 1. The van der Waals surface area contributed by atoms with Crippen LogP contribution in [0.5, 0.6) is 5.88 Å². The number of rotatable bonds is 6. The van der Waals surface area contributed by atoms with Crippen LogP contribution in [0.15, 0.2) is 43.0 Å². The van der Waals surface area contributed by atoms with Crippen LogP contribution in [-0.4, -0.2) is 31.0 Å². The lowest BCUT2D eigenvalue weighted by Gasteiger charge is -2.16. The van der Waals surface area contributed by atoms with Crippen LogP contribution in [-0.2, 0) is 12.8 Å². The Morgan fingerprint density at radius 2 is 1.94 bits per heavy atom. The van der Waals surface area contributed by atoms with Gasteiger partial charge in [0.2, 0.25) is 11.8 Å². The molecular formula is C24H26N6O. The van der Waals surface area contributed by atoms with E-state index >= 15 is 0 Å². The molecule has 4 aromatic rings. The number of nitrogens with zero attached hydrogens (tertiary/aromatic N) is 4. The molecule has 1 saturated carbocycles. The maximum Gasteiger partial charge on any atom is 0.220 e. The van der Waals surface area contributed by atoms with E-state index in [9.17, 15) is 0 Å². The Bertz CT molecular complexity index is 1210. The topological polar surface area (TPSA) is 103 Å². The zero-order chi connectivity index (χ0) is 21.2. The standard InChI is InChI=1S/C24H26N6O/c1-15-9-20-17(13-28-22(20)27-12-15)10-18-14-29-24(25)30-21(18)11-16-5-4-8-26-23(16)31-19-6-2-3-7-19/h4-5,8-9,12-14,19H,2-3,6-7,10-11H2,1H3,(H,27,28)(H2,25,29,30). The first-order chi connectivity index (χ1) is 15.2. The van der Waals surface area contributed by atoms with Crippen LogP contribution in [0.2, 0.25) is 0 Å². The summed E-state index contributed by atoms with van der Waals surface area (Å²) in [5, 5.41) is 1.12. The minimum absolute atomic E-state index is 0.255. The Morgan fingerprint density at radius 3 is 2.81 bits per heavy atom. The number of hydrogen-bond donors (Lipinski definition) is 2. The number of aromatic amines is 1. The third kappa shape index (κ3) is 4.21. The number of pyridine rings is 2. The van der Waals surface area contributed by atoms with Gasteiger partial charge in [0.25, 0.3) is 0 Å². The average molecular weight is 415 g/mol. The van der Waals surface area contributed by atoms with Crippen molar-refractivity contribution in [3.63, 3.8) is 0 Å². The third-order valence-electron chi connectivity index (χ3n) is 5.90. The van der Waals surface area contributed by atoms with Crippen molar-refractivity contribution in [2.45, 2.75) is 51.6 Å². The van der Waals surface area contributed by atoms with Gasteiger partial charge in [-0.15, -0.1) is 0 Å². The van der Waals surface area contributed by atoms with Gasteiger partial charge in [-0.1, -0.05) is 6.07 Å². The lowest BCUT2D eigenvalue weighted by Crippen LogP contribution is -2.14. The first-order valence-electron chi connectivity index (χ1n) is 10.8. The highest BCUT2D eigenvalue weighted by Gasteiger charge is 2.20. The zero-order valence-electron chi connectivity index (χ0n) is 17.6. The monoisotopic (exact) mass is 414 g/mol. The molecule has 7 nitrogen and oxygen atoms in total. The number of ether oxygens (including phenoxy) is 1. The highest BCUT2D eigenvalue weighted by Crippen LogP contribution is 2.28. The summed E-state index contributed by atoms with van der Waals surface area (Å²) in [6.07, 6.45) is 13.7. The molecule has 1 aliphatic rings. The second-order valence-corrected chi connectivity index (χ2v) is 8.27. The Hall–Kier alpha value is -3.48. The Morgan fingerprint density at radius 1 is 1.06 bits per heavy atom. The molecule has 0 aliphatic heterocycles. The van der Waals surface area contributed by atoms with E-state index in [1.807, 2.05) is 24.7 Å². The first-order valence-corrected chi connectivity index (χ1v) is 10.8. The molecule has 3 N–H and O–H groups in total. The summed E-state index contributed by atoms with van der Waals surface area (Å²) in [5.41, 5.74) is 12.1. The van der Waals surface area contributed by atoms with Crippen LogP contribution < -0.4 is 10.5 Å². The summed E-state index contributed by atoms with van der Waals surface area (Å²) in [6, 6.07) is 6.15. The molecule has 4 heterocycles. The van der Waals surface area contributed by atoms with Gasteiger partial charge in [0, 0.05) is 48.6 Å². The van der Waals surface area contributed by atoms with Crippen molar-refractivity contribution in [1.29, 1.82) is 0 Å². The van der Waals surface area contributed by atoms with Gasteiger partial charge in [0.15, 0.2) is 0 Å². The summed E-state index contributed by atoms with van der Waals surface area (Å²) in [6.45, 7) is 2.05. The first kappa shape index (κ1) is 19.5. The number of aryl methyl sites for hydroxylation is 1. The smallest absolute Gasteiger partial charge is 0.220 e. The van der Waals surface area contributed by atoms with E-state index in [4.69, 9.17) is 10.5 Å². The van der Waals surface area contributed by atoms with E-state index in [2.05, 4.69) is 44.0 Å². The number of H-pyrrole nitrogens is 1. The third-order valence-corrected chi connectivity index (χ3v) is 5.90. The van der Waals surface area contributed by atoms with Crippen molar-refractivity contribution in [2.24, 2.45) is 0 Å². The minimum atomic E-state index is 0.255.